The van der Waals surface area contributed by atoms with E-state index < -0.39 is 5.82 Å². The van der Waals surface area contributed by atoms with Crippen LogP contribution in [0.15, 0.2) is 18.2 Å². The fourth-order valence-corrected chi connectivity index (χ4v) is 3.15. The van der Waals surface area contributed by atoms with Crippen molar-refractivity contribution in [3.05, 3.63) is 29.6 Å². The van der Waals surface area contributed by atoms with E-state index >= 15 is 0 Å². The minimum Gasteiger partial charge on any atom is -0.324 e. The Hall–Kier alpha value is -2.35. The maximum absolute atomic E-state index is 14.3. The van der Waals surface area contributed by atoms with Crippen LogP contribution < -0.4 is 5.32 Å². The predicted octanol–water partition coefficient (Wildman–Crippen LogP) is 4.75. The number of halogens is 1. The Morgan fingerprint density at radius 2 is 2.08 bits per heavy atom. The standard InChI is InChI=1S/C19H22FN3O/c1-19(2,3)10-18(24)22-17-9-14-15(20)7-12(11-21)8-16(14)23(17)13-5-4-6-13/h7-9,13H,4-6,10H2,1-3H3,(H,22,24). The van der Waals surface area contributed by atoms with Gasteiger partial charge in [0.15, 0.2) is 0 Å². The lowest BCUT2D eigenvalue weighted by Crippen LogP contribution is -2.24. The number of carbonyl (C=O) groups is 1. The summed E-state index contributed by atoms with van der Waals surface area (Å²) in [6.07, 6.45) is 3.53. The monoisotopic (exact) mass is 327 g/mol. The molecular formula is C19H22FN3O. The Bertz CT molecular complexity index is 835. The number of benzene rings is 1. The van der Waals surface area contributed by atoms with Crippen LogP contribution in [0, 0.1) is 22.6 Å². The summed E-state index contributed by atoms with van der Waals surface area (Å²) in [5.74, 6) is 0.123. The minimum absolute atomic E-state index is 0.0770. The normalized spacial score (nSPS) is 15.1. The highest BCUT2D eigenvalue weighted by atomic mass is 19.1. The maximum Gasteiger partial charge on any atom is 0.226 e. The molecule has 2 aromatic rings. The first-order chi connectivity index (χ1) is 11.3. The summed E-state index contributed by atoms with van der Waals surface area (Å²) in [5.41, 5.74) is 0.866. The number of nitrogens with zero attached hydrogens (tertiary/aromatic N) is 2. The summed E-state index contributed by atoms with van der Waals surface area (Å²) < 4.78 is 16.3. The minimum atomic E-state index is -0.423. The van der Waals surface area contributed by atoms with Crippen molar-refractivity contribution in [1.29, 1.82) is 5.26 Å². The third kappa shape index (κ3) is 3.14. The van der Waals surface area contributed by atoms with Crippen molar-refractivity contribution in [2.24, 2.45) is 5.41 Å². The number of nitriles is 1. The quantitative estimate of drug-likeness (QED) is 0.884. The lowest BCUT2D eigenvalue weighted by atomic mass is 9.92. The van der Waals surface area contributed by atoms with Gasteiger partial charge in [0.25, 0.3) is 0 Å². The van der Waals surface area contributed by atoms with Gasteiger partial charge >= 0.3 is 0 Å². The zero-order valence-corrected chi connectivity index (χ0v) is 14.3. The van der Waals surface area contributed by atoms with Gasteiger partial charge in [-0.1, -0.05) is 20.8 Å². The average molecular weight is 327 g/mol. The molecule has 0 radical (unpaired) electrons. The van der Waals surface area contributed by atoms with Crippen LogP contribution >= 0.6 is 0 Å². The molecule has 1 heterocycles. The number of aromatic nitrogens is 1. The molecule has 126 valence electrons. The number of rotatable bonds is 3. The molecule has 0 spiro atoms. The summed E-state index contributed by atoms with van der Waals surface area (Å²) in [6.45, 7) is 6.02. The van der Waals surface area contributed by atoms with Crippen molar-refractivity contribution in [3.8, 4) is 6.07 Å². The smallest absolute Gasteiger partial charge is 0.226 e. The van der Waals surface area contributed by atoms with Gasteiger partial charge in [-0.15, -0.1) is 0 Å². The van der Waals surface area contributed by atoms with E-state index in [0.717, 1.165) is 19.3 Å². The summed E-state index contributed by atoms with van der Waals surface area (Å²) >= 11 is 0. The van der Waals surface area contributed by atoms with E-state index in [2.05, 4.69) is 5.32 Å². The van der Waals surface area contributed by atoms with Gasteiger partial charge in [-0.3, -0.25) is 4.79 Å². The van der Waals surface area contributed by atoms with Crippen LogP contribution in [0.1, 0.15) is 58.1 Å². The molecule has 1 aliphatic carbocycles. The SMILES string of the molecule is CC(C)(C)CC(=O)Nc1cc2c(F)cc(C#N)cc2n1C1CCC1. The Morgan fingerprint density at radius 3 is 2.62 bits per heavy atom. The van der Waals surface area contributed by atoms with Gasteiger partial charge in [-0.25, -0.2) is 4.39 Å². The van der Waals surface area contributed by atoms with Gasteiger partial charge < -0.3 is 9.88 Å². The molecule has 1 aliphatic rings. The van der Waals surface area contributed by atoms with Crippen LogP contribution in [0.4, 0.5) is 10.2 Å². The zero-order valence-electron chi connectivity index (χ0n) is 14.3. The van der Waals surface area contributed by atoms with Crippen molar-refractivity contribution in [2.75, 3.05) is 5.32 Å². The fraction of sp³-hybridized carbons (Fsp3) is 0.474. The summed E-state index contributed by atoms with van der Waals surface area (Å²) in [6, 6.07) is 6.89. The second kappa shape index (κ2) is 5.94. The first-order valence-corrected chi connectivity index (χ1v) is 8.33. The topological polar surface area (TPSA) is 57.8 Å². The lowest BCUT2D eigenvalue weighted by molar-refractivity contribution is -0.117. The molecule has 1 N–H and O–H groups in total. The average Bonchev–Trinajstić information content (AvgIpc) is 2.74. The molecule has 1 aromatic carbocycles. The van der Waals surface area contributed by atoms with Crippen LogP contribution in [0.2, 0.25) is 0 Å². The third-order valence-electron chi connectivity index (χ3n) is 4.44. The highest BCUT2D eigenvalue weighted by molar-refractivity contribution is 5.95. The Balaban J connectivity index is 2.05. The van der Waals surface area contributed by atoms with Crippen LogP contribution in [-0.4, -0.2) is 10.5 Å². The Morgan fingerprint density at radius 1 is 1.38 bits per heavy atom. The highest BCUT2D eigenvalue weighted by Gasteiger charge is 2.26. The van der Waals surface area contributed by atoms with Crippen molar-refractivity contribution in [1.82, 2.24) is 4.57 Å². The molecule has 0 aliphatic heterocycles. The molecule has 1 saturated carbocycles. The Labute approximate surface area is 141 Å². The van der Waals surface area contributed by atoms with Crippen molar-refractivity contribution < 1.29 is 9.18 Å². The van der Waals surface area contributed by atoms with Crippen LogP contribution in [-0.2, 0) is 4.79 Å². The summed E-state index contributed by atoms with van der Waals surface area (Å²) in [5, 5.41) is 12.5. The van der Waals surface area contributed by atoms with Gasteiger partial charge in [-0.05, 0) is 42.9 Å². The fourth-order valence-electron chi connectivity index (χ4n) is 3.15. The maximum atomic E-state index is 14.3. The largest absolute Gasteiger partial charge is 0.324 e. The number of hydrogen-bond donors (Lipinski definition) is 1. The zero-order chi connectivity index (χ0) is 17.5. The number of hydrogen-bond acceptors (Lipinski definition) is 2. The number of fused-ring (bicyclic) bond motifs is 1. The number of anilines is 1. The molecular weight excluding hydrogens is 305 g/mol. The van der Waals surface area contributed by atoms with Gasteiger partial charge in [0.2, 0.25) is 5.91 Å². The third-order valence-corrected chi connectivity index (χ3v) is 4.44. The molecule has 5 heteroatoms. The van der Waals surface area contributed by atoms with Gasteiger partial charge in [-0.2, -0.15) is 5.26 Å². The first-order valence-electron chi connectivity index (χ1n) is 8.33. The molecule has 0 bridgehead atoms. The molecule has 1 fully saturated rings. The van der Waals surface area contributed by atoms with Crippen molar-refractivity contribution in [2.45, 2.75) is 52.5 Å². The lowest BCUT2D eigenvalue weighted by Gasteiger charge is -2.30. The summed E-state index contributed by atoms with van der Waals surface area (Å²) in [7, 11) is 0. The predicted molar refractivity (Wildman–Crippen MR) is 92.2 cm³/mol. The van der Waals surface area contributed by atoms with Gasteiger partial charge in [0.1, 0.15) is 11.6 Å². The van der Waals surface area contributed by atoms with Crippen LogP contribution in [0.5, 0.6) is 0 Å². The molecule has 0 atom stereocenters. The van der Waals surface area contributed by atoms with E-state index in [-0.39, 0.29) is 17.4 Å². The molecule has 1 amide bonds. The highest BCUT2D eigenvalue weighted by Crippen LogP contribution is 2.39. The number of nitrogens with one attached hydrogen (secondary N) is 1. The van der Waals surface area contributed by atoms with Crippen LogP contribution in [0.3, 0.4) is 0 Å². The summed E-state index contributed by atoms with van der Waals surface area (Å²) in [4.78, 5) is 12.3. The first kappa shape index (κ1) is 16.5. The molecule has 4 nitrogen and oxygen atoms in total. The van der Waals surface area contributed by atoms with E-state index in [9.17, 15) is 9.18 Å². The molecule has 1 aromatic heterocycles. The van der Waals surface area contributed by atoms with Crippen molar-refractivity contribution >= 4 is 22.6 Å². The van der Waals surface area contributed by atoms with E-state index in [0.29, 0.717) is 28.7 Å². The van der Waals surface area contributed by atoms with E-state index in [4.69, 9.17) is 5.26 Å². The second-order valence-corrected chi connectivity index (χ2v) is 7.77. The molecule has 0 saturated heterocycles. The molecule has 0 unspecified atom stereocenters. The number of carbonyl (C=O) groups excluding carboxylic acids is 1. The molecule has 3 rings (SSSR count). The second-order valence-electron chi connectivity index (χ2n) is 7.77. The Kier molecular flexibility index (Phi) is 4.08. The van der Waals surface area contributed by atoms with Crippen molar-refractivity contribution in [3.63, 3.8) is 0 Å². The van der Waals surface area contributed by atoms with E-state index in [1.807, 2.05) is 31.4 Å². The van der Waals surface area contributed by atoms with Gasteiger partial charge in [0, 0.05) is 17.8 Å². The van der Waals surface area contributed by atoms with E-state index in [1.54, 1.807) is 12.1 Å². The van der Waals surface area contributed by atoms with E-state index in [1.165, 1.54) is 6.07 Å². The van der Waals surface area contributed by atoms with Gasteiger partial charge in [0.05, 0.1) is 17.1 Å². The number of amides is 1. The van der Waals surface area contributed by atoms with Crippen LogP contribution in [0.25, 0.3) is 10.9 Å². The molecule has 24 heavy (non-hydrogen) atoms.